The van der Waals surface area contributed by atoms with E-state index in [1.807, 2.05) is 0 Å². The number of carboxylic acids is 2. The molecule has 0 saturated heterocycles. The molecule has 2 N–H and O–H groups in total. The summed E-state index contributed by atoms with van der Waals surface area (Å²) in [5, 5.41) is 17.8. The topological polar surface area (TPSA) is 91.7 Å². The van der Waals surface area contributed by atoms with Gasteiger partial charge in [0.15, 0.2) is 5.78 Å². The summed E-state index contributed by atoms with van der Waals surface area (Å²) in [4.78, 5) is 33.7. The van der Waals surface area contributed by atoms with Crippen LogP contribution in [0.3, 0.4) is 0 Å². The van der Waals surface area contributed by atoms with Crippen molar-refractivity contribution < 1.29 is 24.6 Å². The van der Waals surface area contributed by atoms with E-state index < -0.39 is 29.1 Å². The lowest BCUT2D eigenvalue weighted by molar-refractivity contribution is -0.169. The number of Topliss-reactive ketones (excluding diaryl/α,β-unsaturated/α-hetero) is 1. The Morgan fingerprint density at radius 1 is 1.13 bits per heavy atom. The lowest BCUT2D eigenvalue weighted by atomic mass is 9.75. The van der Waals surface area contributed by atoms with E-state index in [1.54, 1.807) is 13.8 Å². The van der Waals surface area contributed by atoms with E-state index in [0.29, 0.717) is 6.42 Å². The molecule has 0 rings (SSSR count). The van der Waals surface area contributed by atoms with E-state index in [4.69, 9.17) is 10.2 Å². The number of carbonyl (C=O) groups is 3. The molecule has 1 unspecified atom stereocenters. The Morgan fingerprint density at radius 2 is 1.53 bits per heavy atom. The molecule has 0 amide bonds. The number of hydrogen-bond acceptors (Lipinski definition) is 3. The summed E-state index contributed by atoms with van der Waals surface area (Å²) in [6.07, 6.45) is 0.196. The van der Waals surface area contributed by atoms with Crippen LogP contribution in [-0.4, -0.2) is 27.9 Å². The Labute approximate surface area is 88.1 Å². The molecule has 1 atom stereocenters. The van der Waals surface area contributed by atoms with Crippen LogP contribution in [0.1, 0.15) is 33.6 Å². The lowest BCUT2D eigenvalue weighted by Gasteiger charge is -2.24. The number of aliphatic carboxylic acids is 2. The molecule has 86 valence electrons. The van der Waals surface area contributed by atoms with E-state index in [1.165, 1.54) is 6.92 Å². The second-order valence-corrected chi connectivity index (χ2v) is 3.54. The van der Waals surface area contributed by atoms with E-state index in [9.17, 15) is 14.4 Å². The van der Waals surface area contributed by atoms with Crippen molar-refractivity contribution in [2.45, 2.75) is 33.6 Å². The molecule has 0 spiro atoms. The maximum absolute atomic E-state index is 11.7. The Hall–Kier alpha value is -1.39. The van der Waals surface area contributed by atoms with Crippen LogP contribution in [0.25, 0.3) is 0 Å². The van der Waals surface area contributed by atoms with Crippen molar-refractivity contribution in [3.05, 3.63) is 0 Å². The zero-order valence-corrected chi connectivity index (χ0v) is 9.11. The summed E-state index contributed by atoms with van der Waals surface area (Å²) in [5.41, 5.74) is -2.28. The van der Waals surface area contributed by atoms with Gasteiger partial charge in [-0.15, -0.1) is 0 Å². The monoisotopic (exact) mass is 216 g/mol. The van der Waals surface area contributed by atoms with Crippen molar-refractivity contribution in [3.63, 3.8) is 0 Å². The molecule has 0 aliphatic heterocycles. The molecule has 0 aromatic carbocycles. The highest BCUT2D eigenvalue weighted by atomic mass is 16.4. The van der Waals surface area contributed by atoms with Crippen molar-refractivity contribution >= 4 is 17.7 Å². The fourth-order valence-corrected chi connectivity index (χ4v) is 1.38. The van der Waals surface area contributed by atoms with Gasteiger partial charge >= 0.3 is 11.9 Å². The highest BCUT2D eigenvalue weighted by molar-refractivity contribution is 6.19. The summed E-state index contributed by atoms with van der Waals surface area (Å²) in [7, 11) is 0. The fourth-order valence-electron chi connectivity index (χ4n) is 1.38. The maximum atomic E-state index is 11.7. The first kappa shape index (κ1) is 13.6. The van der Waals surface area contributed by atoms with Crippen LogP contribution in [0, 0.1) is 11.3 Å². The zero-order valence-electron chi connectivity index (χ0n) is 9.11. The molecule has 0 saturated carbocycles. The van der Waals surface area contributed by atoms with Crippen LogP contribution in [-0.2, 0) is 14.4 Å². The zero-order chi connectivity index (χ0) is 12.2. The van der Waals surface area contributed by atoms with Crippen LogP contribution in [0.15, 0.2) is 0 Å². The number of hydrogen-bond donors (Lipinski definition) is 2. The van der Waals surface area contributed by atoms with Crippen molar-refractivity contribution in [2.75, 3.05) is 0 Å². The highest BCUT2D eigenvalue weighted by Gasteiger charge is 2.52. The SMILES string of the molecule is CCC(C)C(=O)C(CC)(C(=O)O)C(=O)O. The highest BCUT2D eigenvalue weighted by Crippen LogP contribution is 2.28. The van der Waals surface area contributed by atoms with Gasteiger partial charge in [0.2, 0.25) is 5.41 Å². The van der Waals surface area contributed by atoms with Crippen LogP contribution in [0.5, 0.6) is 0 Å². The van der Waals surface area contributed by atoms with Gasteiger partial charge in [0.1, 0.15) is 0 Å². The molecule has 0 aliphatic rings. The Kier molecular flexibility index (Phi) is 4.45. The molecule has 0 aliphatic carbocycles. The van der Waals surface area contributed by atoms with Gasteiger partial charge in [0.05, 0.1) is 0 Å². The van der Waals surface area contributed by atoms with Gasteiger partial charge in [-0.3, -0.25) is 14.4 Å². The fraction of sp³-hybridized carbons (Fsp3) is 0.700. The molecule has 5 heteroatoms. The van der Waals surface area contributed by atoms with Gasteiger partial charge in [0, 0.05) is 5.92 Å². The first-order valence-corrected chi connectivity index (χ1v) is 4.85. The Bertz CT molecular complexity index is 268. The van der Waals surface area contributed by atoms with Crippen LogP contribution in [0.4, 0.5) is 0 Å². The molecule has 15 heavy (non-hydrogen) atoms. The second-order valence-electron chi connectivity index (χ2n) is 3.54. The Morgan fingerprint density at radius 3 is 1.73 bits per heavy atom. The predicted octanol–water partition coefficient (Wildman–Crippen LogP) is 1.17. The average molecular weight is 216 g/mol. The number of carboxylic acid groups (broad SMARTS) is 2. The van der Waals surface area contributed by atoms with Crippen molar-refractivity contribution in [1.29, 1.82) is 0 Å². The predicted molar refractivity (Wildman–Crippen MR) is 52.5 cm³/mol. The quantitative estimate of drug-likeness (QED) is 0.650. The third-order valence-electron chi connectivity index (χ3n) is 2.74. The number of ketones is 1. The first-order chi connectivity index (χ1) is 6.84. The standard InChI is InChI=1S/C10H16O5/c1-4-6(3)7(11)10(5-2,8(12)13)9(14)15/h6H,4-5H2,1-3H3,(H,12,13)(H,14,15). The molecule has 0 aromatic rings. The third-order valence-corrected chi connectivity index (χ3v) is 2.74. The minimum atomic E-state index is -2.28. The van der Waals surface area contributed by atoms with Crippen LogP contribution >= 0.6 is 0 Å². The molecule has 5 nitrogen and oxygen atoms in total. The van der Waals surface area contributed by atoms with Gasteiger partial charge in [-0.25, -0.2) is 0 Å². The average Bonchev–Trinajstić information content (AvgIpc) is 2.17. The molecule has 0 heterocycles. The molecule has 0 aromatic heterocycles. The number of rotatable bonds is 6. The maximum Gasteiger partial charge on any atom is 0.328 e. The van der Waals surface area contributed by atoms with Crippen molar-refractivity contribution in [2.24, 2.45) is 11.3 Å². The normalized spacial score (nSPS) is 13.3. The van der Waals surface area contributed by atoms with Crippen molar-refractivity contribution in [3.8, 4) is 0 Å². The summed E-state index contributed by atoms with van der Waals surface area (Å²) >= 11 is 0. The van der Waals surface area contributed by atoms with Gasteiger partial charge in [-0.05, 0) is 12.8 Å². The minimum Gasteiger partial charge on any atom is -0.480 e. The molecule has 0 radical (unpaired) electrons. The van der Waals surface area contributed by atoms with Gasteiger partial charge in [-0.1, -0.05) is 20.8 Å². The molecule has 0 fully saturated rings. The molecular formula is C10H16O5. The smallest absolute Gasteiger partial charge is 0.328 e. The molecular weight excluding hydrogens is 200 g/mol. The van der Waals surface area contributed by atoms with E-state index >= 15 is 0 Å². The van der Waals surface area contributed by atoms with Crippen LogP contribution < -0.4 is 0 Å². The second kappa shape index (κ2) is 4.91. The summed E-state index contributed by atoms with van der Waals surface area (Å²) < 4.78 is 0. The Balaban J connectivity index is 5.36. The van der Waals surface area contributed by atoms with E-state index in [-0.39, 0.29) is 6.42 Å². The minimum absolute atomic E-state index is 0.235. The first-order valence-electron chi connectivity index (χ1n) is 4.85. The summed E-state index contributed by atoms with van der Waals surface area (Å²) in [6.45, 7) is 4.65. The van der Waals surface area contributed by atoms with Gasteiger partial charge in [0.25, 0.3) is 0 Å². The van der Waals surface area contributed by atoms with E-state index in [2.05, 4.69) is 0 Å². The van der Waals surface area contributed by atoms with Crippen molar-refractivity contribution in [1.82, 2.24) is 0 Å². The van der Waals surface area contributed by atoms with Gasteiger partial charge in [-0.2, -0.15) is 0 Å². The number of carbonyl (C=O) groups excluding carboxylic acids is 1. The van der Waals surface area contributed by atoms with E-state index in [0.717, 1.165) is 0 Å². The third kappa shape index (κ3) is 2.16. The van der Waals surface area contributed by atoms with Gasteiger partial charge < -0.3 is 10.2 Å². The van der Waals surface area contributed by atoms with Crippen LogP contribution in [0.2, 0.25) is 0 Å². The summed E-state index contributed by atoms with van der Waals surface area (Å²) in [6, 6.07) is 0. The largest absolute Gasteiger partial charge is 0.480 e. The molecule has 0 bridgehead atoms. The summed E-state index contributed by atoms with van der Waals surface area (Å²) in [5.74, 6) is -4.45. The lowest BCUT2D eigenvalue weighted by Crippen LogP contribution is -2.48.